The van der Waals surface area contributed by atoms with Gasteiger partial charge in [0.2, 0.25) is 0 Å². The first-order valence-electron chi connectivity index (χ1n) is 5.00. The molecule has 12 heavy (non-hydrogen) atoms. The molecule has 0 bridgehead atoms. The second-order valence-electron chi connectivity index (χ2n) is 4.75. The number of hydrogen-bond donors (Lipinski definition) is 0. The predicted molar refractivity (Wildman–Crippen MR) is 52.1 cm³/mol. The largest absolute Gasteiger partial charge is 0.306 e. The van der Waals surface area contributed by atoms with E-state index in [1.165, 1.54) is 25.9 Å². The molecule has 0 radical (unpaired) electrons. The van der Waals surface area contributed by atoms with E-state index in [-0.39, 0.29) is 0 Å². The van der Waals surface area contributed by atoms with Crippen LogP contribution in [0.1, 0.15) is 26.7 Å². The molecule has 1 saturated carbocycles. The normalized spacial score (nSPS) is 35.8. The van der Waals surface area contributed by atoms with Crippen LogP contribution in [0.3, 0.4) is 0 Å². The monoisotopic (exact) mass is 165 g/mol. The molecule has 0 unspecified atom stereocenters. The van der Waals surface area contributed by atoms with Crippen LogP contribution in [0.15, 0.2) is 11.1 Å². The summed E-state index contributed by atoms with van der Waals surface area (Å²) in [5, 5.41) is 0. The second kappa shape index (κ2) is 2.88. The number of allylic oxidation sites excluding steroid dienone is 2. The molecular weight excluding hydrogens is 146 g/mol. The van der Waals surface area contributed by atoms with Gasteiger partial charge in [0.25, 0.3) is 0 Å². The van der Waals surface area contributed by atoms with Crippen molar-refractivity contribution >= 4 is 0 Å². The van der Waals surface area contributed by atoms with Crippen LogP contribution < -0.4 is 0 Å². The molecular formula is C11H19N. The molecule has 0 amide bonds. The van der Waals surface area contributed by atoms with Gasteiger partial charge in [-0.1, -0.05) is 11.1 Å². The summed E-state index contributed by atoms with van der Waals surface area (Å²) in [5.41, 5.74) is 3.32. The van der Waals surface area contributed by atoms with Crippen molar-refractivity contribution in [2.75, 3.05) is 20.1 Å². The summed E-state index contributed by atoms with van der Waals surface area (Å²) in [5.74, 6) is 1.97. The standard InChI is InChI=1S/C11H19N/c1-8(2)9-4-10-6-12(3)7-11(10)5-9/h10-11H,4-7H2,1-3H3/t10-,11+. The van der Waals surface area contributed by atoms with E-state index in [0.29, 0.717) is 0 Å². The Hall–Kier alpha value is -0.300. The van der Waals surface area contributed by atoms with Gasteiger partial charge in [-0.3, -0.25) is 0 Å². The lowest BCUT2D eigenvalue weighted by Gasteiger charge is -2.09. The van der Waals surface area contributed by atoms with Crippen LogP contribution in [-0.2, 0) is 0 Å². The Kier molecular flexibility index (Phi) is 1.99. The minimum absolute atomic E-state index is 0.986. The third-order valence-corrected chi connectivity index (χ3v) is 3.48. The Morgan fingerprint density at radius 2 is 1.67 bits per heavy atom. The molecule has 1 saturated heterocycles. The van der Waals surface area contributed by atoms with Crippen molar-refractivity contribution in [3.63, 3.8) is 0 Å². The first kappa shape index (κ1) is 8.31. The predicted octanol–water partition coefficient (Wildman–Crippen LogP) is 2.29. The average Bonchev–Trinajstić information content (AvgIpc) is 2.42. The number of nitrogens with zero attached hydrogens (tertiary/aromatic N) is 1. The van der Waals surface area contributed by atoms with E-state index in [2.05, 4.69) is 25.8 Å². The van der Waals surface area contributed by atoms with Gasteiger partial charge in [-0.15, -0.1) is 0 Å². The Morgan fingerprint density at radius 1 is 1.17 bits per heavy atom. The van der Waals surface area contributed by atoms with Crippen molar-refractivity contribution < 1.29 is 0 Å². The van der Waals surface area contributed by atoms with E-state index in [1.807, 2.05) is 0 Å². The Morgan fingerprint density at radius 3 is 2.08 bits per heavy atom. The van der Waals surface area contributed by atoms with Gasteiger partial charge in [-0.2, -0.15) is 0 Å². The third kappa shape index (κ3) is 1.31. The van der Waals surface area contributed by atoms with Crippen molar-refractivity contribution in [1.29, 1.82) is 0 Å². The lowest BCUT2D eigenvalue weighted by molar-refractivity contribution is 0.387. The third-order valence-electron chi connectivity index (χ3n) is 3.48. The van der Waals surface area contributed by atoms with Crippen LogP contribution in [0.2, 0.25) is 0 Å². The molecule has 0 aromatic rings. The van der Waals surface area contributed by atoms with E-state index in [0.717, 1.165) is 11.8 Å². The zero-order chi connectivity index (χ0) is 8.72. The van der Waals surface area contributed by atoms with E-state index < -0.39 is 0 Å². The Bertz CT molecular complexity index is 197. The Labute approximate surface area is 75.4 Å². The molecule has 2 rings (SSSR count). The van der Waals surface area contributed by atoms with Gasteiger partial charge >= 0.3 is 0 Å². The maximum absolute atomic E-state index is 2.48. The molecule has 1 nitrogen and oxygen atoms in total. The smallest absolute Gasteiger partial charge is 0.00130 e. The molecule has 2 aliphatic rings. The van der Waals surface area contributed by atoms with Gasteiger partial charge in [0, 0.05) is 13.1 Å². The minimum Gasteiger partial charge on any atom is -0.306 e. The molecule has 0 aromatic heterocycles. The minimum atomic E-state index is 0.986. The second-order valence-corrected chi connectivity index (χ2v) is 4.75. The zero-order valence-corrected chi connectivity index (χ0v) is 8.43. The Balaban J connectivity index is 2.07. The molecule has 1 aliphatic heterocycles. The first-order valence-corrected chi connectivity index (χ1v) is 5.00. The maximum atomic E-state index is 2.48. The molecule has 0 N–H and O–H groups in total. The van der Waals surface area contributed by atoms with Gasteiger partial charge in [-0.25, -0.2) is 0 Å². The summed E-state index contributed by atoms with van der Waals surface area (Å²) in [6, 6.07) is 0. The van der Waals surface area contributed by atoms with E-state index >= 15 is 0 Å². The van der Waals surface area contributed by atoms with Crippen LogP contribution >= 0.6 is 0 Å². The van der Waals surface area contributed by atoms with Crippen LogP contribution in [0, 0.1) is 11.8 Å². The highest BCUT2D eigenvalue weighted by molar-refractivity contribution is 5.18. The fourth-order valence-corrected chi connectivity index (χ4v) is 2.76. The lowest BCUT2D eigenvalue weighted by Crippen LogP contribution is -2.15. The number of fused-ring (bicyclic) bond motifs is 1. The highest BCUT2D eigenvalue weighted by Gasteiger charge is 2.36. The molecule has 1 heterocycles. The molecule has 2 atom stereocenters. The van der Waals surface area contributed by atoms with E-state index in [1.54, 1.807) is 11.1 Å². The fraction of sp³-hybridized carbons (Fsp3) is 0.818. The highest BCUT2D eigenvalue weighted by atomic mass is 15.1. The number of likely N-dealkylation sites (tertiary alicyclic amines) is 1. The molecule has 1 aliphatic carbocycles. The summed E-state index contributed by atoms with van der Waals surface area (Å²) in [4.78, 5) is 2.48. The van der Waals surface area contributed by atoms with Crippen molar-refractivity contribution in [3.8, 4) is 0 Å². The summed E-state index contributed by atoms with van der Waals surface area (Å²) in [7, 11) is 2.25. The summed E-state index contributed by atoms with van der Waals surface area (Å²) >= 11 is 0. The van der Waals surface area contributed by atoms with Gasteiger partial charge in [0.1, 0.15) is 0 Å². The maximum Gasteiger partial charge on any atom is 0.00130 e. The van der Waals surface area contributed by atoms with Crippen LogP contribution in [0.25, 0.3) is 0 Å². The van der Waals surface area contributed by atoms with E-state index in [9.17, 15) is 0 Å². The van der Waals surface area contributed by atoms with Crippen molar-refractivity contribution in [1.82, 2.24) is 4.90 Å². The van der Waals surface area contributed by atoms with E-state index in [4.69, 9.17) is 0 Å². The van der Waals surface area contributed by atoms with Crippen LogP contribution in [0.5, 0.6) is 0 Å². The summed E-state index contributed by atoms with van der Waals surface area (Å²) in [6.07, 6.45) is 2.77. The van der Waals surface area contributed by atoms with Gasteiger partial charge in [0.15, 0.2) is 0 Å². The quantitative estimate of drug-likeness (QED) is 0.498. The first-order chi connectivity index (χ1) is 5.66. The van der Waals surface area contributed by atoms with Gasteiger partial charge in [0.05, 0.1) is 0 Å². The molecule has 0 spiro atoms. The van der Waals surface area contributed by atoms with Crippen molar-refractivity contribution in [3.05, 3.63) is 11.1 Å². The summed E-state index contributed by atoms with van der Waals surface area (Å²) < 4.78 is 0. The molecule has 1 heteroatoms. The fourth-order valence-electron chi connectivity index (χ4n) is 2.76. The van der Waals surface area contributed by atoms with Crippen LogP contribution in [0.4, 0.5) is 0 Å². The number of hydrogen-bond acceptors (Lipinski definition) is 1. The lowest BCUT2D eigenvalue weighted by atomic mass is 10.0. The zero-order valence-electron chi connectivity index (χ0n) is 8.43. The molecule has 68 valence electrons. The van der Waals surface area contributed by atoms with Gasteiger partial charge in [-0.05, 0) is 45.6 Å². The molecule has 2 fully saturated rings. The van der Waals surface area contributed by atoms with Gasteiger partial charge < -0.3 is 4.90 Å². The van der Waals surface area contributed by atoms with Crippen LogP contribution in [-0.4, -0.2) is 25.0 Å². The SMILES string of the molecule is CC(C)=C1C[C@@H]2CN(C)C[C@@H]2C1. The number of rotatable bonds is 0. The topological polar surface area (TPSA) is 3.24 Å². The summed E-state index contributed by atoms with van der Waals surface area (Å²) in [6.45, 7) is 7.20. The molecule has 0 aromatic carbocycles. The average molecular weight is 165 g/mol. The van der Waals surface area contributed by atoms with Crippen molar-refractivity contribution in [2.24, 2.45) is 11.8 Å². The highest BCUT2D eigenvalue weighted by Crippen LogP contribution is 2.41. The van der Waals surface area contributed by atoms with Crippen molar-refractivity contribution in [2.45, 2.75) is 26.7 Å².